The molecule has 3 rings (SSSR count). The average Bonchev–Trinajstić information content (AvgIpc) is 2.78. The van der Waals surface area contributed by atoms with Crippen molar-refractivity contribution in [2.24, 2.45) is 0 Å². The SMILES string of the molecule is CC1CN(CCNC(=O)/C=C/c2ccccc2F)Cc2ccccc2O1. The number of halogens is 1. The molecule has 0 spiro atoms. The van der Waals surface area contributed by atoms with Crippen LogP contribution in [-0.4, -0.2) is 36.5 Å². The number of nitrogens with one attached hydrogen (secondary N) is 1. The second-order valence-electron chi connectivity index (χ2n) is 6.42. The van der Waals surface area contributed by atoms with Crippen molar-refractivity contribution in [1.82, 2.24) is 10.2 Å². The lowest BCUT2D eigenvalue weighted by Crippen LogP contribution is -2.37. The molecule has 0 saturated heterocycles. The minimum Gasteiger partial charge on any atom is -0.489 e. The summed E-state index contributed by atoms with van der Waals surface area (Å²) >= 11 is 0. The van der Waals surface area contributed by atoms with Crippen molar-refractivity contribution in [1.29, 1.82) is 0 Å². The number of hydrogen-bond acceptors (Lipinski definition) is 3. The van der Waals surface area contributed by atoms with Crippen LogP contribution in [0, 0.1) is 5.82 Å². The summed E-state index contributed by atoms with van der Waals surface area (Å²) in [5.41, 5.74) is 1.56. The van der Waals surface area contributed by atoms with Crippen LogP contribution in [0.3, 0.4) is 0 Å². The summed E-state index contributed by atoms with van der Waals surface area (Å²) < 4.78 is 19.5. The molecule has 1 unspecified atom stereocenters. The zero-order chi connectivity index (χ0) is 18.4. The van der Waals surface area contributed by atoms with Gasteiger partial charge in [-0.3, -0.25) is 9.69 Å². The fourth-order valence-corrected chi connectivity index (χ4v) is 3.01. The predicted molar refractivity (Wildman–Crippen MR) is 100 cm³/mol. The maximum atomic E-state index is 13.5. The Morgan fingerprint density at radius 3 is 2.88 bits per heavy atom. The summed E-state index contributed by atoms with van der Waals surface area (Å²) in [6.45, 7) is 4.89. The summed E-state index contributed by atoms with van der Waals surface area (Å²) in [5, 5.41) is 2.85. The minimum absolute atomic E-state index is 0.0929. The first kappa shape index (κ1) is 18.1. The van der Waals surface area contributed by atoms with Crippen molar-refractivity contribution in [2.75, 3.05) is 19.6 Å². The molecule has 2 aromatic carbocycles. The van der Waals surface area contributed by atoms with E-state index < -0.39 is 0 Å². The van der Waals surface area contributed by atoms with Crippen LogP contribution in [0.2, 0.25) is 0 Å². The molecule has 1 amide bonds. The van der Waals surface area contributed by atoms with Crippen LogP contribution in [0.4, 0.5) is 4.39 Å². The largest absolute Gasteiger partial charge is 0.489 e. The smallest absolute Gasteiger partial charge is 0.244 e. The Labute approximate surface area is 153 Å². The third-order valence-corrected chi connectivity index (χ3v) is 4.26. The quantitative estimate of drug-likeness (QED) is 0.838. The number of benzene rings is 2. The maximum absolute atomic E-state index is 13.5. The summed E-state index contributed by atoms with van der Waals surface area (Å²) in [5.74, 6) is 0.362. The van der Waals surface area contributed by atoms with Gasteiger partial charge in [0.15, 0.2) is 0 Å². The fraction of sp³-hybridized carbons (Fsp3) is 0.286. The van der Waals surface area contributed by atoms with E-state index in [1.165, 1.54) is 18.2 Å². The van der Waals surface area contributed by atoms with E-state index in [2.05, 4.69) is 16.3 Å². The van der Waals surface area contributed by atoms with Gasteiger partial charge in [-0.25, -0.2) is 4.39 Å². The molecule has 2 aromatic rings. The standard InChI is InChI=1S/C21H23FN2O2/c1-16-14-24(15-18-7-3-5-9-20(18)26-16)13-12-23-21(25)11-10-17-6-2-4-8-19(17)22/h2-11,16H,12-15H2,1H3,(H,23,25)/b11-10+. The molecule has 1 atom stereocenters. The molecule has 0 fully saturated rings. The highest BCUT2D eigenvalue weighted by Gasteiger charge is 2.19. The number of hydrogen-bond donors (Lipinski definition) is 1. The topological polar surface area (TPSA) is 41.6 Å². The van der Waals surface area contributed by atoms with Crippen molar-refractivity contribution in [3.63, 3.8) is 0 Å². The number of ether oxygens (including phenoxy) is 1. The Morgan fingerprint density at radius 1 is 1.27 bits per heavy atom. The van der Waals surface area contributed by atoms with Crippen LogP contribution in [0.1, 0.15) is 18.1 Å². The van der Waals surface area contributed by atoms with Gasteiger partial charge < -0.3 is 10.1 Å². The monoisotopic (exact) mass is 354 g/mol. The van der Waals surface area contributed by atoms with Gasteiger partial charge in [-0.05, 0) is 25.1 Å². The highest BCUT2D eigenvalue weighted by atomic mass is 19.1. The number of amides is 1. The molecule has 0 aliphatic carbocycles. The number of fused-ring (bicyclic) bond motifs is 1. The Balaban J connectivity index is 1.50. The first-order chi connectivity index (χ1) is 12.6. The first-order valence-electron chi connectivity index (χ1n) is 8.79. The molecule has 1 N–H and O–H groups in total. The van der Waals surface area contributed by atoms with E-state index in [1.54, 1.807) is 18.2 Å². The van der Waals surface area contributed by atoms with Crippen molar-refractivity contribution in [3.8, 4) is 5.75 Å². The summed E-state index contributed by atoms with van der Waals surface area (Å²) in [4.78, 5) is 14.2. The molecular formula is C21H23FN2O2. The normalized spacial score (nSPS) is 17.4. The lowest BCUT2D eigenvalue weighted by Gasteiger charge is -2.21. The molecule has 5 heteroatoms. The fourth-order valence-electron chi connectivity index (χ4n) is 3.01. The van der Waals surface area contributed by atoms with Crippen molar-refractivity contribution in [3.05, 3.63) is 71.6 Å². The Hall–Kier alpha value is -2.66. The summed E-state index contributed by atoms with van der Waals surface area (Å²) in [6, 6.07) is 14.4. The average molecular weight is 354 g/mol. The van der Waals surface area contributed by atoms with Gasteiger partial charge in [0.25, 0.3) is 0 Å². The highest BCUT2D eigenvalue weighted by molar-refractivity contribution is 5.91. The van der Waals surface area contributed by atoms with E-state index in [0.29, 0.717) is 12.1 Å². The Kier molecular flexibility index (Phi) is 6.02. The number of para-hydroxylation sites is 1. The molecule has 136 valence electrons. The van der Waals surface area contributed by atoms with Crippen molar-refractivity contribution in [2.45, 2.75) is 19.6 Å². The van der Waals surface area contributed by atoms with E-state index in [1.807, 2.05) is 25.1 Å². The van der Waals surface area contributed by atoms with Crippen molar-refractivity contribution < 1.29 is 13.9 Å². The number of rotatable bonds is 5. The lowest BCUT2D eigenvalue weighted by molar-refractivity contribution is -0.116. The molecular weight excluding hydrogens is 331 g/mol. The van der Waals surface area contributed by atoms with Gasteiger partial charge in [-0.1, -0.05) is 36.4 Å². The minimum atomic E-state index is -0.339. The second-order valence-corrected chi connectivity index (χ2v) is 6.42. The van der Waals surface area contributed by atoms with Gasteiger partial charge >= 0.3 is 0 Å². The predicted octanol–water partition coefficient (Wildman–Crippen LogP) is 3.24. The molecule has 1 aliphatic rings. The molecule has 0 saturated carbocycles. The van der Waals surface area contributed by atoms with Gasteiger partial charge in [-0.2, -0.15) is 0 Å². The van der Waals surface area contributed by atoms with Gasteiger partial charge in [0.1, 0.15) is 17.7 Å². The maximum Gasteiger partial charge on any atom is 0.244 e. The third-order valence-electron chi connectivity index (χ3n) is 4.26. The molecule has 26 heavy (non-hydrogen) atoms. The van der Waals surface area contributed by atoms with E-state index in [9.17, 15) is 9.18 Å². The number of nitrogens with zero attached hydrogens (tertiary/aromatic N) is 1. The highest BCUT2D eigenvalue weighted by Crippen LogP contribution is 2.24. The van der Waals surface area contributed by atoms with Gasteiger partial charge in [0.2, 0.25) is 5.91 Å². The van der Waals surface area contributed by atoms with E-state index in [-0.39, 0.29) is 17.8 Å². The van der Waals surface area contributed by atoms with E-state index in [0.717, 1.165) is 30.9 Å². The summed E-state index contributed by atoms with van der Waals surface area (Å²) in [6.07, 6.45) is 2.94. The molecule has 4 nitrogen and oxygen atoms in total. The molecule has 0 aromatic heterocycles. The van der Waals surface area contributed by atoms with Gasteiger partial charge in [0, 0.05) is 43.4 Å². The molecule has 1 heterocycles. The Morgan fingerprint density at radius 2 is 2.04 bits per heavy atom. The van der Waals surface area contributed by atoms with Crippen LogP contribution >= 0.6 is 0 Å². The zero-order valence-corrected chi connectivity index (χ0v) is 14.8. The third kappa shape index (κ3) is 4.92. The summed E-state index contributed by atoms with van der Waals surface area (Å²) in [7, 11) is 0. The molecule has 1 aliphatic heterocycles. The van der Waals surface area contributed by atoms with Crippen molar-refractivity contribution >= 4 is 12.0 Å². The van der Waals surface area contributed by atoms with Crippen LogP contribution in [0.15, 0.2) is 54.6 Å². The number of carbonyl (C=O) groups excluding carboxylic acids is 1. The lowest BCUT2D eigenvalue weighted by atomic mass is 10.2. The molecule has 0 radical (unpaired) electrons. The van der Waals surface area contributed by atoms with Gasteiger partial charge in [-0.15, -0.1) is 0 Å². The van der Waals surface area contributed by atoms with Crippen LogP contribution in [-0.2, 0) is 11.3 Å². The number of carbonyl (C=O) groups is 1. The zero-order valence-electron chi connectivity index (χ0n) is 14.8. The molecule has 0 bridgehead atoms. The van der Waals surface area contributed by atoms with E-state index >= 15 is 0 Å². The van der Waals surface area contributed by atoms with Crippen LogP contribution in [0.5, 0.6) is 5.75 Å². The first-order valence-corrected chi connectivity index (χ1v) is 8.79. The van der Waals surface area contributed by atoms with Gasteiger partial charge in [0.05, 0.1) is 0 Å². The Bertz CT molecular complexity index is 791. The van der Waals surface area contributed by atoms with Crippen LogP contribution in [0.25, 0.3) is 6.08 Å². The van der Waals surface area contributed by atoms with Crippen LogP contribution < -0.4 is 10.1 Å². The van der Waals surface area contributed by atoms with E-state index in [4.69, 9.17) is 4.74 Å². The second kappa shape index (κ2) is 8.63.